The number of hydrogen-bond acceptors (Lipinski definition) is 1. The molecule has 0 amide bonds. The van der Waals surface area contributed by atoms with E-state index in [1.165, 1.54) is 0 Å². The summed E-state index contributed by atoms with van der Waals surface area (Å²) >= 11 is 0. The van der Waals surface area contributed by atoms with Crippen LogP contribution in [-0.2, 0) is 0 Å². The van der Waals surface area contributed by atoms with Gasteiger partial charge in [-0.05, 0) is 19.8 Å². The molecule has 11 heavy (non-hydrogen) atoms. The highest BCUT2D eigenvalue weighted by Crippen LogP contribution is 2.12. The second-order valence-electron chi connectivity index (χ2n) is 2.76. The Labute approximate surface area is 68.7 Å². The van der Waals surface area contributed by atoms with Crippen LogP contribution in [0.5, 0.6) is 0 Å². The van der Waals surface area contributed by atoms with E-state index in [0.717, 1.165) is 6.42 Å². The van der Waals surface area contributed by atoms with Gasteiger partial charge in [0.15, 0.2) is 0 Å². The zero-order chi connectivity index (χ0) is 8.74. The number of rotatable bonds is 5. The lowest BCUT2D eigenvalue weighted by atomic mass is 10.0. The fraction of sp³-hybridized carbons (Fsp3) is 0.400. The van der Waals surface area contributed by atoms with E-state index in [1.54, 1.807) is 19.1 Å². The van der Waals surface area contributed by atoms with Crippen molar-refractivity contribution in [2.75, 3.05) is 0 Å². The lowest BCUT2D eigenvalue weighted by Gasteiger charge is -2.16. The molecule has 0 aromatic heterocycles. The minimum atomic E-state index is -0.731. The summed E-state index contributed by atoms with van der Waals surface area (Å²) in [4.78, 5) is 0. The standard InChI is InChI=1S/C10H16O/c1-4-6-7-8-9-10(3,11)5-2/h4-7,11H,1-2,8-9H2,3H3/b7-6+. The van der Waals surface area contributed by atoms with Crippen LogP contribution in [0.15, 0.2) is 37.5 Å². The van der Waals surface area contributed by atoms with Gasteiger partial charge in [0.2, 0.25) is 0 Å². The summed E-state index contributed by atoms with van der Waals surface area (Å²) in [6.07, 6.45) is 8.70. The van der Waals surface area contributed by atoms with Crippen LogP contribution in [0, 0.1) is 0 Å². The Morgan fingerprint density at radius 3 is 2.55 bits per heavy atom. The molecule has 1 atom stereocenters. The molecular weight excluding hydrogens is 136 g/mol. The SMILES string of the molecule is C=C/C=C/CCC(C)(O)C=C. The van der Waals surface area contributed by atoms with Gasteiger partial charge in [-0.15, -0.1) is 6.58 Å². The zero-order valence-corrected chi connectivity index (χ0v) is 7.09. The van der Waals surface area contributed by atoms with E-state index >= 15 is 0 Å². The van der Waals surface area contributed by atoms with Crippen molar-refractivity contribution >= 4 is 0 Å². The average molecular weight is 152 g/mol. The van der Waals surface area contributed by atoms with Crippen LogP contribution in [0.25, 0.3) is 0 Å². The first kappa shape index (κ1) is 10.2. The van der Waals surface area contributed by atoms with Gasteiger partial charge >= 0.3 is 0 Å². The lowest BCUT2D eigenvalue weighted by Crippen LogP contribution is -2.19. The maximum atomic E-state index is 9.44. The van der Waals surface area contributed by atoms with Gasteiger partial charge in [-0.2, -0.15) is 0 Å². The Balaban J connectivity index is 3.61. The van der Waals surface area contributed by atoms with Crippen molar-refractivity contribution in [2.45, 2.75) is 25.4 Å². The molecule has 0 aliphatic carbocycles. The Morgan fingerprint density at radius 1 is 1.45 bits per heavy atom. The molecule has 0 fully saturated rings. The fourth-order valence-electron chi connectivity index (χ4n) is 0.670. The monoisotopic (exact) mass is 152 g/mol. The molecule has 0 aliphatic rings. The van der Waals surface area contributed by atoms with E-state index < -0.39 is 5.60 Å². The smallest absolute Gasteiger partial charge is 0.0800 e. The zero-order valence-electron chi connectivity index (χ0n) is 7.09. The summed E-state index contributed by atoms with van der Waals surface area (Å²) in [6.45, 7) is 8.83. The van der Waals surface area contributed by atoms with Gasteiger partial charge in [0.25, 0.3) is 0 Å². The largest absolute Gasteiger partial charge is 0.386 e. The molecule has 0 aliphatic heterocycles. The van der Waals surface area contributed by atoms with Crippen molar-refractivity contribution in [2.24, 2.45) is 0 Å². The van der Waals surface area contributed by atoms with Gasteiger partial charge in [0, 0.05) is 0 Å². The molecule has 0 rings (SSSR count). The second kappa shape index (κ2) is 4.91. The summed E-state index contributed by atoms with van der Waals surface area (Å²) in [5.74, 6) is 0. The normalized spacial score (nSPS) is 16.2. The van der Waals surface area contributed by atoms with Gasteiger partial charge in [-0.1, -0.05) is 30.9 Å². The highest BCUT2D eigenvalue weighted by Gasteiger charge is 2.12. The van der Waals surface area contributed by atoms with Gasteiger partial charge in [0.05, 0.1) is 5.60 Å². The van der Waals surface area contributed by atoms with Crippen molar-refractivity contribution in [3.05, 3.63) is 37.5 Å². The highest BCUT2D eigenvalue weighted by molar-refractivity contribution is 4.99. The molecule has 0 spiro atoms. The van der Waals surface area contributed by atoms with E-state index in [-0.39, 0.29) is 0 Å². The molecule has 0 bridgehead atoms. The van der Waals surface area contributed by atoms with Crippen LogP contribution in [0.2, 0.25) is 0 Å². The molecule has 0 aromatic carbocycles. The van der Waals surface area contributed by atoms with Crippen LogP contribution in [0.1, 0.15) is 19.8 Å². The molecule has 0 radical (unpaired) electrons. The van der Waals surface area contributed by atoms with E-state index in [4.69, 9.17) is 0 Å². The van der Waals surface area contributed by atoms with Gasteiger partial charge in [-0.3, -0.25) is 0 Å². The predicted octanol–water partition coefficient (Wildman–Crippen LogP) is 2.45. The average Bonchev–Trinajstić information content (AvgIpc) is 1.99. The van der Waals surface area contributed by atoms with Crippen molar-refractivity contribution in [3.8, 4) is 0 Å². The predicted molar refractivity (Wildman–Crippen MR) is 49.4 cm³/mol. The molecule has 62 valence electrons. The third-order valence-electron chi connectivity index (χ3n) is 1.53. The molecule has 0 saturated carbocycles. The summed E-state index contributed by atoms with van der Waals surface area (Å²) < 4.78 is 0. The second-order valence-corrected chi connectivity index (χ2v) is 2.76. The summed E-state index contributed by atoms with van der Waals surface area (Å²) in [5, 5.41) is 9.44. The van der Waals surface area contributed by atoms with Crippen molar-refractivity contribution < 1.29 is 5.11 Å². The maximum Gasteiger partial charge on any atom is 0.0800 e. The Morgan fingerprint density at radius 2 is 2.09 bits per heavy atom. The van der Waals surface area contributed by atoms with Gasteiger partial charge in [-0.25, -0.2) is 0 Å². The molecule has 0 saturated heterocycles. The minimum Gasteiger partial charge on any atom is -0.386 e. The first-order valence-electron chi connectivity index (χ1n) is 3.76. The van der Waals surface area contributed by atoms with Crippen LogP contribution >= 0.6 is 0 Å². The lowest BCUT2D eigenvalue weighted by molar-refractivity contribution is 0.103. The Kier molecular flexibility index (Phi) is 4.55. The Hall–Kier alpha value is -0.820. The summed E-state index contributed by atoms with van der Waals surface area (Å²) in [7, 11) is 0. The number of aliphatic hydroxyl groups is 1. The van der Waals surface area contributed by atoms with E-state index in [1.807, 2.05) is 12.2 Å². The topological polar surface area (TPSA) is 20.2 Å². The van der Waals surface area contributed by atoms with Gasteiger partial charge in [0.1, 0.15) is 0 Å². The highest BCUT2D eigenvalue weighted by atomic mass is 16.3. The van der Waals surface area contributed by atoms with Crippen LogP contribution in [0.3, 0.4) is 0 Å². The molecule has 1 heteroatoms. The van der Waals surface area contributed by atoms with Crippen LogP contribution in [-0.4, -0.2) is 10.7 Å². The third-order valence-corrected chi connectivity index (χ3v) is 1.53. The number of allylic oxidation sites excluding steroid dienone is 3. The minimum absolute atomic E-state index is 0.709. The molecule has 1 nitrogen and oxygen atoms in total. The maximum absolute atomic E-state index is 9.44. The molecular formula is C10H16O. The first-order chi connectivity index (χ1) is 5.12. The quantitative estimate of drug-likeness (QED) is 0.474. The van der Waals surface area contributed by atoms with Crippen molar-refractivity contribution in [1.82, 2.24) is 0 Å². The molecule has 0 heterocycles. The first-order valence-corrected chi connectivity index (χ1v) is 3.76. The number of hydrogen-bond donors (Lipinski definition) is 1. The van der Waals surface area contributed by atoms with Crippen LogP contribution in [0.4, 0.5) is 0 Å². The van der Waals surface area contributed by atoms with Crippen LogP contribution < -0.4 is 0 Å². The van der Waals surface area contributed by atoms with Crippen molar-refractivity contribution in [3.63, 3.8) is 0 Å². The molecule has 0 aromatic rings. The van der Waals surface area contributed by atoms with Crippen molar-refractivity contribution in [1.29, 1.82) is 0 Å². The van der Waals surface area contributed by atoms with E-state index in [0.29, 0.717) is 6.42 Å². The summed E-state index contributed by atoms with van der Waals surface area (Å²) in [6, 6.07) is 0. The molecule has 1 N–H and O–H groups in total. The Bertz CT molecular complexity index is 154. The van der Waals surface area contributed by atoms with Gasteiger partial charge < -0.3 is 5.11 Å². The third kappa shape index (κ3) is 5.62. The van der Waals surface area contributed by atoms with E-state index in [9.17, 15) is 5.11 Å². The molecule has 1 unspecified atom stereocenters. The fourth-order valence-corrected chi connectivity index (χ4v) is 0.670. The summed E-state index contributed by atoms with van der Waals surface area (Å²) in [5.41, 5.74) is -0.731. The van der Waals surface area contributed by atoms with E-state index in [2.05, 4.69) is 13.2 Å².